The minimum atomic E-state index is -0.430. The lowest BCUT2D eigenvalue weighted by Crippen LogP contribution is -2.06. The molecule has 0 fully saturated rings. The first-order chi connectivity index (χ1) is 10.7. The molecule has 110 valence electrons. The van der Waals surface area contributed by atoms with Gasteiger partial charge < -0.3 is 4.74 Å². The fourth-order valence-electron chi connectivity index (χ4n) is 1.89. The van der Waals surface area contributed by atoms with Crippen LogP contribution in [-0.2, 0) is 11.3 Å². The molecule has 0 unspecified atom stereocenters. The summed E-state index contributed by atoms with van der Waals surface area (Å²) in [6.45, 7) is 2.18. The lowest BCUT2D eigenvalue weighted by molar-refractivity contribution is 0.0462. The first kappa shape index (κ1) is 14.4. The molecule has 22 heavy (non-hydrogen) atoms. The van der Waals surface area contributed by atoms with Crippen LogP contribution in [0.4, 0.5) is 0 Å². The van der Waals surface area contributed by atoms with E-state index >= 15 is 0 Å². The van der Waals surface area contributed by atoms with E-state index in [1.807, 2.05) is 49.4 Å². The summed E-state index contributed by atoms with van der Waals surface area (Å²) in [5.74, 6) is -0.430. The van der Waals surface area contributed by atoms with Crippen LogP contribution in [0.15, 0.2) is 54.0 Å². The van der Waals surface area contributed by atoms with Crippen LogP contribution in [0.1, 0.15) is 21.7 Å². The Balaban J connectivity index is 1.68. The lowest BCUT2D eigenvalue weighted by atomic mass is 10.2. The number of hydrogen-bond donors (Lipinski definition) is 0. The minimum Gasteiger partial charge on any atom is -0.454 e. The van der Waals surface area contributed by atoms with Gasteiger partial charge in [-0.15, -0.1) is 11.3 Å². The molecule has 0 aliphatic rings. The predicted molar refractivity (Wildman–Crippen MR) is 85.6 cm³/mol. The van der Waals surface area contributed by atoms with Gasteiger partial charge in [0, 0.05) is 17.1 Å². The van der Waals surface area contributed by atoms with Gasteiger partial charge in [-0.3, -0.25) is 4.98 Å². The number of esters is 1. The molecular weight excluding hydrogens is 296 g/mol. The third-order valence-corrected chi connectivity index (χ3v) is 3.98. The molecule has 0 aliphatic heterocycles. The van der Waals surface area contributed by atoms with Gasteiger partial charge >= 0.3 is 5.97 Å². The summed E-state index contributed by atoms with van der Waals surface area (Å²) < 4.78 is 5.23. The molecule has 2 aromatic heterocycles. The molecular formula is C17H14N2O2S. The maximum absolute atomic E-state index is 12.0. The number of carbonyl (C=O) groups is 1. The standard InChI is InChI=1S/C17H14N2O2S/c1-12-5-7-13(8-6-12)16-19-15(11-22-16)17(20)21-10-14-4-2-3-9-18-14/h2-9,11H,10H2,1H3. The van der Waals surface area contributed by atoms with Crippen molar-refractivity contribution in [1.82, 2.24) is 9.97 Å². The Kier molecular flexibility index (Phi) is 4.25. The number of benzene rings is 1. The zero-order valence-corrected chi connectivity index (χ0v) is 12.8. The van der Waals surface area contributed by atoms with Crippen molar-refractivity contribution in [3.63, 3.8) is 0 Å². The van der Waals surface area contributed by atoms with E-state index in [1.165, 1.54) is 16.9 Å². The van der Waals surface area contributed by atoms with E-state index in [-0.39, 0.29) is 6.61 Å². The fourth-order valence-corrected chi connectivity index (χ4v) is 2.69. The number of pyridine rings is 1. The Labute approximate surface area is 132 Å². The number of aryl methyl sites for hydroxylation is 1. The van der Waals surface area contributed by atoms with Gasteiger partial charge in [0.05, 0.1) is 5.69 Å². The van der Waals surface area contributed by atoms with Gasteiger partial charge in [-0.25, -0.2) is 9.78 Å². The summed E-state index contributed by atoms with van der Waals surface area (Å²) in [5, 5.41) is 2.53. The third kappa shape index (κ3) is 3.38. The SMILES string of the molecule is Cc1ccc(-c2nc(C(=O)OCc3ccccn3)cs2)cc1. The second-order valence-electron chi connectivity index (χ2n) is 4.80. The fraction of sp³-hybridized carbons (Fsp3) is 0.118. The third-order valence-electron chi connectivity index (χ3n) is 3.09. The van der Waals surface area contributed by atoms with Gasteiger partial charge in [-0.05, 0) is 19.1 Å². The zero-order chi connectivity index (χ0) is 15.4. The summed E-state index contributed by atoms with van der Waals surface area (Å²) >= 11 is 1.43. The van der Waals surface area contributed by atoms with Crippen molar-refractivity contribution < 1.29 is 9.53 Å². The van der Waals surface area contributed by atoms with E-state index < -0.39 is 5.97 Å². The van der Waals surface area contributed by atoms with Crippen molar-refractivity contribution >= 4 is 17.3 Å². The normalized spacial score (nSPS) is 10.4. The first-order valence-electron chi connectivity index (χ1n) is 6.82. The highest BCUT2D eigenvalue weighted by Gasteiger charge is 2.13. The molecule has 1 aromatic carbocycles. The van der Waals surface area contributed by atoms with Gasteiger partial charge in [-0.1, -0.05) is 35.9 Å². The highest BCUT2D eigenvalue weighted by Crippen LogP contribution is 2.24. The van der Waals surface area contributed by atoms with Crippen molar-refractivity contribution in [1.29, 1.82) is 0 Å². The number of nitrogens with zero attached hydrogens (tertiary/aromatic N) is 2. The molecule has 0 radical (unpaired) electrons. The largest absolute Gasteiger partial charge is 0.454 e. The molecule has 0 N–H and O–H groups in total. The van der Waals surface area contributed by atoms with Crippen molar-refractivity contribution in [2.75, 3.05) is 0 Å². The van der Waals surface area contributed by atoms with E-state index in [2.05, 4.69) is 9.97 Å². The molecule has 3 aromatic rings. The summed E-state index contributed by atoms with van der Waals surface area (Å²) in [5.41, 5.74) is 3.23. The molecule has 3 rings (SSSR count). The molecule has 0 saturated carbocycles. The van der Waals surface area contributed by atoms with Gasteiger partial charge in [0.2, 0.25) is 0 Å². The molecule has 0 aliphatic carbocycles. The topological polar surface area (TPSA) is 52.1 Å². The van der Waals surface area contributed by atoms with Crippen LogP contribution in [0.25, 0.3) is 10.6 Å². The van der Waals surface area contributed by atoms with Crippen molar-refractivity contribution in [2.45, 2.75) is 13.5 Å². The van der Waals surface area contributed by atoms with Crippen molar-refractivity contribution in [2.24, 2.45) is 0 Å². The van der Waals surface area contributed by atoms with Crippen LogP contribution < -0.4 is 0 Å². The van der Waals surface area contributed by atoms with Crippen LogP contribution in [0.5, 0.6) is 0 Å². The van der Waals surface area contributed by atoms with Crippen LogP contribution in [-0.4, -0.2) is 15.9 Å². The molecule has 0 saturated heterocycles. The molecule has 0 bridgehead atoms. The quantitative estimate of drug-likeness (QED) is 0.686. The number of rotatable bonds is 4. The van der Waals surface area contributed by atoms with Crippen molar-refractivity contribution in [3.8, 4) is 10.6 Å². The molecule has 0 spiro atoms. The number of carbonyl (C=O) groups excluding carboxylic acids is 1. The Morgan fingerprint density at radius 1 is 1.18 bits per heavy atom. The number of ether oxygens (including phenoxy) is 1. The Morgan fingerprint density at radius 3 is 2.73 bits per heavy atom. The van der Waals surface area contributed by atoms with Gasteiger partial charge in [0.1, 0.15) is 11.6 Å². The average Bonchev–Trinajstić information content (AvgIpc) is 3.04. The van der Waals surface area contributed by atoms with Gasteiger partial charge in [0.25, 0.3) is 0 Å². The number of hydrogen-bond acceptors (Lipinski definition) is 5. The maximum Gasteiger partial charge on any atom is 0.358 e. The summed E-state index contributed by atoms with van der Waals surface area (Å²) in [6.07, 6.45) is 1.67. The minimum absolute atomic E-state index is 0.150. The van der Waals surface area contributed by atoms with E-state index in [0.29, 0.717) is 11.4 Å². The zero-order valence-electron chi connectivity index (χ0n) is 12.0. The van der Waals surface area contributed by atoms with Gasteiger partial charge in [0.15, 0.2) is 5.69 Å². The maximum atomic E-state index is 12.0. The summed E-state index contributed by atoms with van der Waals surface area (Å²) in [6, 6.07) is 13.5. The predicted octanol–water partition coefficient (Wildman–Crippen LogP) is 3.87. The Morgan fingerprint density at radius 2 is 2.00 bits per heavy atom. The van der Waals surface area contributed by atoms with E-state index in [9.17, 15) is 4.79 Å². The highest BCUT2D eigenvalue weighted by molar-refractivity contribution is 7.13. The molecule has 0 amide bonds. The van der Waals surface area contributed by atoms with E-state index in [1.54, 1.807) is 11.6 Å². The summed E-state index contributed by atoms with van der Waals surface area (Å²) in [7, 11) is 0. The second-order valence-corrected chi connectivity index (χ2v) is 5.66. The van der Waals surface area contributed by atoms with E-state index in [4.69, 9.17) is 4.74 Å². The summed E-state index contributed by atoms with van der Waals surface area (Å²) in [4.78, 5) is 20.5. The van der Waals surface area contributed by atoms with Crippen LogP contribution >= 0.6 is 11.3 Å². The smallest absolute Gasteiger partial charge is 0.358 e. The van der Waals surface area contributed by atoms with Crippen molar-refractivity contribution in [3.05, 3.63) is 71.0 Å². The lowest BCUT2D eigenvalue weighted by Gasteiger charge is -2.01. The first-order valence-corrected chi connectivity index (χ1v) is 7.70. The van der Waals surface area contributed by atoms with E-state index in [0.717, 1.165) is 10.6 Å². The Hall–Kier alpha value is -2.53. The second kappa shape index (κ2) is 6.49. The molecule has 4 nitrogen and oxygen atoms in total. The monoisotopic (exact) mass is 310 g/mol. The molecule has 2 heterocycles. The molecule has 0 atom stereocenters. The highest BCUT2D eigenvalue weighted by atomic mass is 32.1. The molecule has 5 heteroatoms. The van der Waals surface area contributed by atoms with Gasteiger partial charge in [-0.2, -0.15) is 0 Å². The number of aromatic nitrogens is 2. The van der Waals surface area contributed by atoms with Crippen LogP contribution in [0.2, 0.25) is 0 Å². The number of thiazole rings is 1. The van der Waals surface area contributed by atoms with Crippen LogP contribution in [0, 0.1) is 6.92 Å². The Bertz CT molecular complexity index is 767. The van der Waals surface area contributed by atoms with Crippen LogP contribution in [0.3, 0.4) is 0 Å². The average molecular weight is 310 g/mol.